The van der Waals surface area contributed by atoms with Gasteiger partial charge in [-0.1, -0.05) is 0 Å². The molecule has 0 spiro atoms. The summed E-state index contributed by atoms with van der Waals surface area (Å²) in [7, 11) is 1.08. The van der Waals surface area contributed by atoms with E-state index in [1.807, 2.05) is 0 Å². The second-order valence-corrected chi connectivity index (χ2v) is 4.29. The fourth-order valence-electron chi connectivity index (χ4n) is 1.93. The number of rotatable bonds is 4. The summed E-state index contributed by atoms with van der Waals surface area (Å²) in [5, 5.41) is 2.90. The van der Waals surface area contributed by atoms with Crippen molar-refractivity contribution in [2.75, 3.05) is 13.7 Å². The van der Waals surface area contributed by atoms with Gasteiger partial charge in [0.15, 0.2) is 6.10 Å². The number of methoxy groups -OCH3 is 1. The highest BCUT2D eigenvalue weighted by Crippen LogP contribution is 2.23. The lowest BCUT2D eigenvalue weighted by atomic mass is 9.92. The molecule has 0 aromatic carbocycles. The Bertz CT molecular complexity index is 203. The predicted molar refractivity (Wildman–Crippen MR) is 55.1 cm³/mol. The quantitative estimate of drug-likeness (QED) is 0.781. The van der Waals surface area contributed by atoms with Crippen LogP contribution in [0, 0.1) is 0 Å². The van der Waals surface area contributed by atoms with Crippen LogP contribution in [0.3, 0.4) is 0 Å². The number of ether oxygens (including phenoxy) is 1. The van der Waals surface area contributed by atoms with Crippen molar-refractivity contribution in [3.05, 3.63) is 0 Å². The summed E-state index contributed by atoms with van der Waals surface area (Å²) in [4.78, 5) is 0. The van der Waals surface area contributed by atoms with Crippen molar-refractivity contribution >= 4 is 0 Å². The normalized spacial score (nSPS) is 29.1. The van der Waals surface area contributed by atoms with E-state index in [2.05, 4.69) is 10.1 Å². The van der Waals surface area contributed by atoms with E-state index in [0.717, 1.165) is 32.8 Å². The van der Waals surface area contributed by atoms with Crippen molar-refractivity contribution < 1.29 is 17.9 Å². The molecule has 1 aliphatic rings. The first-order chi connectivity index (χ1) is 7.43. The molecule has 1 saturated carbocycles. The fourth-order valence-corrected chi connectivity index (χ4v) is 1.93. The van der Waals surface area contributed by atoms with Gasteiger partial charge in [-0.15, -0.1) is 0 Å². The van der Waals surface area contributed by atoms with Crippen LogP contribution in [0.1, 0.15) is 25.7 Å². The Morgan fingerprint density at radius 1 is 1.31 bits per heavy atom. The second-order valence-electron chi connectivity index (χ2n) is 4.29. The molecule has 6 heteroatoms. The maximum atomic E-state index is 12.4. The topological polar surface area (TPSA) is 47.3 Å². The van der Waals surface area contributed by atoms with Gasteiger partial charge < -0.3 is 15.8 Å². The van der Waals surface area contributed by atoms with Gasteiger partial charge >= 0.3 is 6.18 Å². The van der Waals surface area contributed by atoms with E-state index >= 15 is 0 Å². The molecule has 0 saturated heterocycles. The van der Waals surface area contributed by atoms with Gasteiger partial charge in [-0.2, -0.15) is 13.2 Å². The van der Waals surface area contributed by atoms with E-state index < -0.39 is 12.3 Å². The van der Waals surface area contributed by atoms with Gasteiger partial charge in [-0.3, -0.25) is 0 Å². The van der Waals surface area contributed by atoms with Crippen molar-refractivity contribution in [3.63, 3.8) is 0 Å². The second kappa shape index (κ2) is 5.84. The largest absolute Gasteiger partial charge is 0.415 e. The molecule has 1 unspecified atom stereocenters. The van der Waals surface area contributed by atoms with Crippen molar-refractivity contribution in [2.24, 2.45) is 5.73 Å². The Balaban J connectivity index is 2.28. The Morgan fingerprint density at radius 2 is 1.88 bits per heavy atom. The lowest BCUT2D eigenvalue weighted by Gasteiger charge is -2.28. The Morgan fingerprint density at radius 3 is 2.31 bits per heavy atom. The lowest BCUT2D eigenvalue weighted by Crippen LogP contribution is -2.45. The van der Waals surface area contributed by atoms with Gasteiger partial charge in [0.1, 0.15) is 0 Å². The molecule has 0 aromatic heterocycles. The fraction of sp³-hybridized carbons (Fsp3) is 1.00. The molecule has 0 radical (unpaired) electrons. The van der Waals surface area contributed by atoms with Gasteiger partial charge in [0.05, 0.1) is 0 Å². The van der Waals surface area contributed by atoms with Gasteiger partial charge in [0.25, 0.3) is 0 Å². The van der Waals surface area contributed by atoms with E-state index in [4.69, 9.17) is 5.73 Å². The van der Waals surface area contributed by atoms with Crippen LogP contribution >= 0.6 is 0 Å². The first-order valence-electron chi connectivity index (χ1n) is 5.52. The van der Waals surface area contributed by atoms with E-state index in [1.54, 1.807) is 0 Å². The minimum absolute atomic E-state index is 0.139. The van der Waals surface area contributed by atoms with Crippen molar-refractivity contribution in [1.82, 2.24) is 5.32 Å². The monoisotopic (exact) mass is 240 g/mol. The molecular weight excluding hydrogens is 221 g/mol. The maximum absolute atomic E-state index is 12.4. The summed E-state index contributed by atoms with van der Waals surface area (Å²) in [6.45, 7) is -0.181. The summed E-state index contributed by atoms with van der Waals surface area (Å²) >= 11 is 0. The zero-order chi connectivity index (χ0) is 12.2. The molecular formula is C10H19F3N2O. The molecule has 1 aliphatic carbocycles. The zero-order valence-corrected chi connectivity index (χ0v) is 9.39. The average molecular weight is 240 g/mol. The summed E-state index contributed by atoms with van der Waals surface area (Å²) in [6, 6.07) is 0.346. The van der Waals surface area contributed by atoms with Crippen LogP contribution in [0.15, 0.2) is 0 Å². The highest BCUT2D eigenvalue weighted by atomic mass is 19.4. The molecule has 16 heavy (non-hydrogen) atoms. The lowest BCUT2D eigenvalue weighted by molar-refractivity contribution is -0.211. The third kappa shape index (κ3) is 4.27. The Hall–Kier alpha value is -0.330. The Labute approximate surface area is 93.5 Å². The molecule has 1 rings (SSSR count). The smallest absolute Gasteiger partial charge is 0.371 e. The van der Waals surface area contributed by atoms with Gasteiger partial charge in [0.2, 0.25) is 0 Å². The molecule has 3 N–H and O–H groups in total. The summed E-state index contributed by atoms with van der Waals surface area (Å²) in [6.07, 6.45) is -2.58. The van der Waals surface area contributed by atoms with Gasteiger partial charge in [-0.05, 0) is 25.7 Å². The number of hydrogen-bond donors (Lipinski definition) is 2. The highest BCUT2D eigenvalue weighted by molar-refractivity contribution is 4.81. The van der Waals surface area contributed by atoms with Crippen LogP contribution in [0.2, 0.25) is 0 Å². The SMILES string of the molecule is COC(CNC1CCC(N)CC1)C(F)(F)F. The molecule has 0 heterocycles. The van der Waals surface area contributed by atoms with Crippen molar-refractivity contribution in [2.45, 2.75) is 50.0 Å². The molecule has 3 nitrogen and oxygen atoms in total. The van der Waals surface area contributed by atoms with Crippen LogP contribution in [0.5, 0.6) is 0 Å². The van der Waals surface area contributed by atoms with Crippen LogP contribution in [-0.4, -0.2) is 38.0 Å². The number of nitrogens with two attached hydrogens (primary N) is 1. The minimum Gasteiger partial charge on any atom is -0.371 e. The van der Waals surface area contributed by atoms with Gasteiger partial charge in [0, 0.05) is 25.7 Å². The van der Waals surface area contributed by atoms with Crippen LogP contribution in [0.25, 0.3) is 0 Å². The van der Waals surface area contributed by atoms with Crippen LogP contribution in [-0.2, 0) is 4.74 Å². The molecule has 0 aromatic rings. The molecule has 0 amide bonds. The standard InChI is InChI=1S/C10H19F3N2O/c1-16-9(10(11,12)13)6-15-8-4-2-7(14)3-5-8/h7-9,15H,2-6,14H2,1H3. The number of nitrogens with one attached hydrogen (secondary N) is 1. The summed E-state index contributed by atoms with van der Waals surface area (Å²) < 4.78 is 41.5. The molecule has 0 bridgehead atoms. The predicted octanol–water partition coefficient (Wildman–Crippen LogP) is 1.42. The third-order valence-corrected chi connectivity index (χ3v) is 3.01. The van der Waals surface area contributed by atoms with Crippen LogP contribution < -0.4 is 11.1 Å². The number of alkyl halides is 3. The molecule has 1 atom stereocenters. The van der Waals surface area contributed by atoms with Crippen LogP contribution in [0.4, 0.5) is 13.2 Å². The molecule has 1 fully saturated rings. The molecule has 0 aliphatic heterocycles. The van der Waals surface area contributed by atoms with Crippen molar-refractivity contribution in [1.29, 1.82) is 0 Å². The third-order valence-electron chi connectivity index (χ3n) is 3.01. The highest BCUT2D eigenvalue weighted by Gasteiger charge is 2.40. The van der Waals surface area contributed by atoms with Crippen molar-refractivity contribution in [3.8, 4) is 0 Å². The van der Waals surface area contributed by atoms with E-state index in [0.29, 0.717) is 0 Å². The summed E-state index contributed by atoms with van der Waals surface area (Å²) in [5.41, 5.74) is 5.72. The van der Waals surface area contributed by atoms with E-state index in [9.17, 15) is 13.2 Å². The van der Waals surface area contributed by atoms with E-state index in [-0.39, 0.29) is 18.6 Å². The maximum Gasteiger partial charge on any atom is 0.415 e. The Kier molecular flexibility index (Phi) is 5.01. The molecule has 96 valence electrons. The van der Waals surface area contributed by atoms with Gasteiger partial charge in [-0.25, -0.2) is 0 Å². The average Bonchev–Trinajstić information content (AvgIpc) is 2.19. The number of halogens is 3. The minimum atomic E-state index is -4.30. The zero-order valence-electron chi connectivity index (χ0n) is 9.39. The summed E-state index contributed by atoms with van der Waals surface area (Å²) in [5.74, 6) is 0. The van der Waals surface area contributed by atoms with E-state index in [1.165, 1.54) is 0 Å². The first-order valence-corrected chi connectivity index (χ1v) is 5.52. The first kappa shape index (κ1) is 13.7. The number of hydrogen-bond acceptors (Lipinski definition) is 3.